The lowest BCUT2D eigenvalue weighted by Crippen LogP contribution is -2.50. The lowest BCUT2D eigenvalue weighted by molar-refractivity contribution is -0.114. The van der Waals surface area contributed by atoms with Crippen molar-refractivity contribution in [1.82, 2.24) is 19.4 Å². The predicted octanol–water partition coefficient (Wildman–Crippen LogP) is 0.236. The smallest absolute Gasteiger partial charge is 0.289 e. The van der Waals surface area contributed by atoms with Crippen LogP contribution in [-0.4, -0.2) is 65.8 Å². The molecule has 1 saturated heterocycles. The highest BCUT2D eigenvalue weighted by Crippen LogP contribution is 2.24. The molecule has 1 aliphatic heterocycles. The fraction of sp³-hybridized carbons (Fsp3) is 0.385. The molecule has 0 unspecified atom stereocenters. The lowest BCUT2D eigenvalue weighted by atomic mass is 10.3. The van der Waals surface area contributed by atoms with Crippen LogP contribution in [0.2, 0.25) is 0 Å². The van der Waals surface area contributed by atoms with Crippen molar-refractivity contribution in [2.45, 2.75) is 11.3 Å². The topological polar surface area (TPSA) is 126 Å². The molecule has 3 rings (SSSR count). The van der Waals surface area contributed by atoms with E-state index < -0.39 is 10.0 Å². The number of piperazine rings is 1. The van der Waals surface area contributed by atoms with Gasteiger partial charge < -0.3 is 14.6 Å². The molecule has 2 aromatic heterocycles. The van der Waals surface area contributed by atoms with Gasteiger partial charge in [-0.05, 0) is 12.1 Å². The van der Waals surface area contributed by atoms with Gasteiger partial charge in [0.05, 0.1) is 6.26 Å². The van der Waals surface area contributed by atoms with Gasteiger partial charge in [0.1, 0.15) is 0 Å². The number of amides is 2. The van der Waals surface area contributed by atoms with Crippen LogP contribution >= 0.6 is 11.3 Å². The molecule has 10 nitrogen and oxygen atoms in total. The van der Waals surface area contributed by atoms with E-state index in [1.54, 1.807) is 12.1 Å². The molecule has 0 aromatic carbocycles. The Balaban J connectivity index is 1.66. The summed E-state index contributed by atoms with van der Waals surface area (Å²) in [5.74, 6) is -0.406. The van der Waals surface area contributed by atoms with Crippen LogP contribution in [0, 0.1) is 0 Å². The normalized spacial score (nSPS) is 16.0. The fourth-order valence-electron chi connectivity index (χ4n) is 2.31. The standard InChI is InChI=1S/C13H15N5O5S2/c1-9(19)14-12-15-16-13(24-12)25(21,22)18-6-4-17(5-7-18)11(20)10-3-2-8-23-10/h2-3,8H,4-7H2,1H3,(H,14,15,19). The average Bonchev–Trinajstić information content (AvgIpc) is 3.25. The van der Waals surface area contributed by atoms with Crippen LogP contribution in [-0.2, 0) is 14.8 Å². The number of nitrogens with zero attached hydrogens (tertiary/aromatic N) is 4. The summed E-state index contributed by atoms with van der Waals surface area (Å²) in [7, 11) is -3.81. The Morgan fingerprint density at radius 1 is 1.24 bits per heavy atom. The number of nitrogens with one attached hydrogen (secondary N) is 1. The summed E-state index contributed by atoms with van der Waals surface area (Å²) < 4.78 is 31.3. The lowest BCUT2D eigenvalue weighted by Gasteiger charge is -2.32. The third-order valence-electron chi connectivity index (χ3n) is 3.51. The second kappa shape index (κ2) is 6.90. The molecular weight excluding hydrogens is 370 g/mol. The van der Waals surface area contributed by atoms with Crippen molar-refractivity contribution in [2.75, 3.05) is 31.5 Å². The van der Waals surface area contributed by atoms with Crippen molar-refractivity contribution in [3.05, 3.63) is 24.2 Å². The van der Waals surface area contributed by atoms with Gasteiger partial charge in [-0.2, -0.15) is 4.31 Å². The first-order valence-electron chi connectivity index (χ1n) is 7.32. The van der Waals surface area contributed by atoms with Crippen LogP contribution < -0.4 is 5.32 Å². The highest BCUT2D eigenvalue weighted by atomic mass is 32.2. The number of hydrogen-bond donors (Lipinski definition) is 1. The summed E-state index contributed by atoms with van der Waals surface area (Å²) in [6.45, 7) is 2.07. The predicted molar refractivity (Wildman–Crippen MR) is 87.6 cm³/mol. The number of aromatic nitrogens is 2. The van der Waals surface area contributed by atoms with Gasteiger partial charge in [-0.3, -0.25) is 9.59 Å². The van der Waals surface area contributed by atoms with Crippen LogP contribution in [0.3, 0.4) is 0 Å². The van der Waals surface area contributed by atoms with Crippen molar-refractivity contribution < 1.29 is 22.4 Å². The van der Waals surface area contributed by atoms with Crippen molar-refractivity contribution in [2.24, 2.45) is 0 Å². The highest BCUT2D eigenvalue weighted by molar-refractivity contribution is 7.91. The minimum Gasteiger partial charge on any atom is -0.459 e. The Kier molecular flexibility index (Phi) is 4.83. The Labute approximate surface area is 147 Å². The number of carbonyl (C=O) groups is 2. The van der Waals surface area contributed by atoms with Crippen LogP contribution in [0.5, 0.6) is 0 Å². The Hall–Kier alpha value is -2.31. The maximum absolute atomic E-state index is 12.6. The van der Waals surface area contributed by atoms with Crippen molar-refractivity contribution >= 4 is 38.3 Å². The maximum Gasteiger partial charge on any atom is 0.289 e. The molecule has 0 aliphatic carbocycles. The first-order chi connectivity index (χ1) is 11.9. The van der Waals surface area contributed by atoms with E-state index in [2.05, 4.69) is 15.5 Å². The molecule has 0 spiro atoms. The monoisotopic (exact) mass is 385 g/mol. The zero-order valence-corrected chi connectivity index (χ0v) is 14.8. The Morgan fingerprint density at radius 2 is 1.96 bits per heavy atom. The summed E-state index contributed by atoms with van der Waals surface area (Å²) >= 11 is 0.788. The van der Waals surface area contributed by atoms with Crippen LogP contribution in [0.1, 0.15) is 17.5 Å². The number of sulfonamides is 1. The van der Waals surface area contributed by atoms with Gasteiger partial charge in [0.25, 0.3) is 15.9 Å². The molecule has 0 atom stereocenters. The Morgan fingerprint density at radius 3 is 2.56 bits per heavy atom. The van der Waals surface area contributed by atoms with Gasteiger partial charge in [-0.15, -0.1) is 10.2 Å². The minimum absolute atomic E-state index is 0.123. The molecule has 1 N–H and O–H groups in total. The molecule has 0 bridgehead atoms. The number of anilines is 1. The molecule has 2 aromatic rings. The maximum atomic E-state index is 12.6. The molecule has 134 valence electrons. The highest BCUT2D eigenvalue weighted by Gasteiger charge is 2.33. The molecule has 1 aliphatic rings. The first-order valence-corrected chi connectivity index (χ1v) is 9.57. The van der Waals surface area contributed by atoms with Crippen LogP contribution in [0.15, 0.2) is 27.2 Å². The largest absolute Gasteiger partial charge is 0.459 e. The van der Waals surface area contributed by atoms with Crippen LogP contribution in [0.25, 0.3) is 0 Å². The fourth-order valence-corrected chi connectivity index (χ4v) is 4.82. The number of carbonyl (C=O) groups excluding carboxylic acids is 2. The van der Waals surface area contributed by atoms with E-state index in [9.17, 15) is 18.0 Å². The van der Waals surface area contributed by atoms with Crippen LogP contribution in [0.4, 0.5) is 5.13 Å². The summed E-state index contributed by atoms with van der Waals surface area (Å²) in [5, 5.41) is 9.81. The molecule has 0 saturated carbocycles. The summed E-state index contributed by atoms with van der Waals surface area (Å²) in [6, 6.07) is 3.19. The van der Waals surface area contributed by atoms with Gasteiger partial charge in [0, 0.05) is 33.1 Å². The zero-order chi connectivity index (χ0) is 18.0. The second-order valence-electron chi connectivity index (χ2n) is 5.23. The van der Waals surface area contributed by atoms with Gasteiger partial charge in [-0.1, -0.05) is 11.3 Å². The van der Waals surface area contributed by atoms with Crippen molar-refractivity contribution in [1.29, 1.82) is 0 Å². The van der Waals surface area contributed by atoms with Gasteiger partial charge >= 0.3 is 0 Å². The minimum atomic E-state index is -3.81. The second-order valence-corrected chi connectivity index (χ2v) is 8.32. The molecule has 25 heavy (non-hydrogen) atoms. The number of furan rings is 1. The van der Waals surface area contributed by atoms with Crippen molar-refractivity contribution in [3.8, 4) is 0 Å². The van der Waals surface area contributed by atoms with E-state index in [4.69, 9.17) is 4.42 Å². The molecule has 0 radical (unpaired) electrons. The molecule has 12 heteroatoms. The van der Waals surface area contributed by atoms with E-state index in [-0.39, 0.29) is 53.2 Å². The van der Waals surface area contributed by atoms with Gasteiger partial charge in [0.15, 0.2) is 5.76 Å². The zero-order valence-electron chi connectivity index (χ0n) is 13.2. The number of hydrogen-bond acceptors (Lipinski definition) is 8. The SMILES string of the molecule is CC(=O)Nc1nnc(S(=O)(=O)N2CCN(C(=O)c3ccco3)CC2)s1. The molecule has 2 amide bonds. The quantitative estimate of drug-likeness (QED) is 0.747. The van der Waals surface area contributed by atoms with E-state index in [1.165, 1.54) is 22.4 Å². The van der Waals surface area contributed by atoms with Crippen molar-refractivity contribution in [3.63, 3.8) is 0 Å². The van der Waals surface area contributed by atoms with E-state index in [0.717, 1.165) is 11.3 Å². The summed E-state index contributed by atoms with van der Waals surface area (Å²) in [4.78, 5) is 24.7. The molecule has 1 fully saturated rings. The van der Waals surface area contributed by atoms with Gasteiger partial charge in [-0.25, -0.2) is 8.42 Å². The molecular formula is C13H15N5O5S2. The Bertz CT molecular complexity index is 869. The summed E-state index contributed by atoms with van der Waals surface area (Å²) in [5.41, 5.74) is 0. The average molecular weight is 385 g/mol. The van der Waals surface area contributed by atoms with E-state index in [0.29, 0.717) is 0 Å². The van der Waals surface area contributed by atoms with E-state index >= 15 is 0 Å². The third kappa shape index (κ3) is 3.70. The molecule has 3 heterocycles. The van der Waals surface area contributed by atoms with E-state index in [1.807, 2.05) is 0 Å². The number of rotatable bonds is 4. The first kappa shape index (κ1) is 17.5. The summed E-state index contributed by atoms with van der Waals surface area (Å²) in [6.07, 6.45) is 1.41. The third-order valence-corrected chi connectivity index (χ3v) is 6.59. The van der Waals surface area contributed by atoms with Gasteiger partial charge in [0.2, 0.25) is 15.4 Å².